The number of piperidine rings is 3. The first kappa shape index (κ1) is 18.8. The molecule has 0 aromatic carbocycles. The number of aryl methyl sites for hydroxylation is 1. The van der Waals surface area contributed by atoms with E-state index in [1.807, 2.05) is 12.3 Å². The Hall–Kier alpha value is -1.95. The smallest absolute Gasteiger partial charge is 0.290 e. The summed E-state index contributed by atoms with van der Waals surface area (Å²) in [4.78, 5) is 30.0. The van der Waals surface area contributed by atoms with Crippen LogP contribution in [0.3, 0.4) is 0 Å². The van der Waals surface area contributed by atoms with Crippen molar-refractivity contribution in [1.82, 2.24) is 14.8 Å². The van der Waals surface area contributed by atoms with Crippen molar-refractivity contribution in [1.29, 1.82) is 0 Å². The number of hydrogen-bond donors (Lipinski definition) is 1. The van der Waals surface area contributed by atoms with Gasteiger partial charge in [-0.15, -0.1) is 0 Å². The highest BCUT2D eigenvalue weighted by atomic mass is 16.3. The molecule has 3 saturated heterocycles. The van der Waals surface area contributed by atoms with E-state index < -0.39 is 0 Å². The van der Waals surface area contributed by atoms with E-state index in [0.29, 0.717) is 24.2 Å². The van der Waals surface area contributed by atoms with E-state index in [1.165, 1.54) is 38.8 Å². The van der Waals surface area contributed by atoms with Crippen molar-refractivity contribution in [3.63, 3.8) is 0 Å². The van der Waals surface area contributed by atoms with Crippen LogP contribution in [0.25, 0.3) is 0 Å². The summed E-state index contributed by atoms with van der Waals surface area (Å²) in [5.41, 5.74) is 1.16. The number of hydrogen-bond acceptors (Lipinski definition) is 4. The van der Waals surface area contributed by atoms with Gasteiger partial charge in [0.2, 0.25) is 5.91 Å². The molecule has 0 spiro atoms. The zero-order chi connectivity index (χ0) is 18.4. The van der Waals surface area contributed by atoms with E-state index in [1.54, 1.807) is 6.20 Å². The normalized spacial score (nSPS) is 27.7. The Morgan fingerprint density at radius 2 is 2.15 bits per heavy atom. The largest absolute Gasteiger partial charge is 0.483 e. The topological polar surface area (TPSA) is 73.7 Å². The molecule has 6 heteroatoms. The molecule has 3 fully saturated rings. The lowest BCUT2D eigenvalue weighted by Crippen LogP contribution is -2.59. The standard InChI is InChI=1S/C19H27N3O.CH2O2/c23-19(7-6-15-4-3-8-20-11-15)22-13-16-10-17(14-22)18-5-1-2-9-21(18)12-16;2-1-3/h3-4,8,11,16-18H,1-2,5-7,9-10,12-14H2;1H,(H,2,3)/t16-,17-,18+;/m1./s1. The number of pyridine rings is 1. The minimum absolute atomic E-state index is 0.250. The molecule has 0 radical (unpaired) electrons. The summed E-state index contributed by atoms with van der Waals surface area (Å²) in [5.74, 6) is 1.75. The SMILES string of the molecule is O=C(CCc1cccnc1)N1C[C@@H]2C[C@H](C1)[C@@H]1CCCCN1C2.O=CO. The number of carbonyl (C=O) groups excluding carboxylic acids is 1. The van der Waals surface area contributed by atoms with Gasteiger partial charge in [0.25, 0.3) is 6.47 Å². The number of carbonyl (C=O) groups is 2. The number of likely N-dealkylation sites (tertiary alicyclic amines) is 1. The Balaban J connectivity index is 0.000000613. The maximum atomic E-state index is 12.7. The quantitative estimate of drug-likeness (QED) is 0.836. The van der Waals surface area contributed by atoms with E-state index in [9.17, 15) is 4.79 Å². The fourth-order valence-electron chi connectivity index (χ4n) is 4.93. The molecule has 2 bridgehead atoms. The fraction of sp³-hybridized carbons (Fsp3) is 0.650. The molecule has 0 unspecified atom stereocenters. The van der Waals surface area contributed by atoms with Crippen LogP contribution in [-0.4, -0.2) is 64.5 Å². The molecular formula is C20H29N3O3. The summed E-state index contributed by atoms with van der Waals surface area (Å²) >= 11 is 0. The van der Waals surface area contributed by atoms with E-state index >= 15 is 0 Å². The molecule has 3 aliphatic rings. The highest BCUT2D eigenvalue weighted by Crippen LogP contribution is 2.37. The summed E-state index contributed by atoms with van der Waals surface area (Å²) in [6, 6.07) is 4.75. The first-order valence-electron chi connectivity index (χ1n) is 9.70. The van der Waals surface area contributed by atoms with Crippen LogP contribution in [-0.2, 0) is 16.0 Å². The second kappa shape index (κ2) is 9.12. The second-order valence-electron chi connectivity index (χ2n) is 7.69. The van der Waals surface area contributed by atoms with Crippen molar-refractivity contribution in [2.75, 3.05) is 26.2 Å². The van der Waals surface area contributed by atoms with Crippen molar-refractivity contribution < 1.29 is 14.7 Å². The van der Waals surface area contributed by atoms with Gasteiger partial charge in [-0.2, -0.15) is 0 Å². The first-order valence-corrected chi connectivity index (χ1v) is 9.70. The Bertz CT molecular complexity index is 595. The highest BCUT2D eigenvalue weighted by Gasteiger charge is 2.42. The van der Waals surface area contributed by atoms with Crippen LogP contribution >= 0.6 is 0 Å². The average Bonchev–Trinajstić information content (AvgIpc) is 2.67. The molecule has 1 N–H and O–H groups in total. The van der Waals surface area contributed by atoms with Crippen molar-refractivity contribution in [3.05, 3.63) is 30.1 Å². The van der Waals surface area contributed by atoms with Crippen molar-refractivity contribution in [2.24, 2.45) is 11.8 Å². The van der Waals surface area contributed by atoms with Gasteiger partial charge in [-0.05, 0) is 55.7 Å². The monoisotopic (exact) mass is 359 g/mol. The van der Waals surface area contributed by atoms with E-state index in [4.69, 9.17) is 9.90 Å². The van der Waals surface area contributed by atoms with Crippen LogP contribution < -0.4 is 0 Å². The predicted octanol–water partition coefficient (Wildman–Crippen LogP) is 2.05. The average molecular weight is 359 g/mol. The summed E-state index contributed by atoms with van der Waals surface area (Å²) in [6.07, 6.45) is 10.5. The first-order chi connectivity index (χ1) is 12.7. The molecule has 26 heavy (non-hydrogen) atoms. The van der Waals surface area contributed by atoms with E-state index in [0.717, 1.165) is 31.1 Å². The number of carboxylic acid groups (broad SMARTS) is 1. The van der Waals surface area contributed by atoms with Crippen molar-refractivity contribution >= 4 is 12.4 Å². The lowest BCUT2D eigenvalue weighted by atomic mass is 9.76. The van der Waals surface area contributed by atoms with Crippen LogP contribution in [0.4, 0.5) is 0 Å². The van der Waals surface area contributed by atoms with Crippen LogP contribution in [0.15, 0.2) is 24.5 Å². The third kappa shape index (κ3) is 4.61. The van der Waals surface area contributed by atoms with Crippen molar-refractivity contribution in [2.45, 2.75) is 44.6 Å². The van der Waals surface area contributed by atoms with Crippen LogP contribution in [0.2, 0.25) is 0 Å². The molecule has 1 aromatic rings. The summed E-state index contributed by atoms with van der Waals surface area (Å²) < 4.78 is 0. The maximum Gasteiger partial charge on any atom is 0.290 e. The van der Waals surface area contributed by atoms with Gasteiger partial charge in [-0.25, -0.2) is 0 Å². The minimum atomic E-state index is -0.250. The molecular weight excluding hydrogens is 330 g/mol. The predicted molar refractivity (Wildman–Crippen MR) is 98.6 cm³/mol. The molecule has 0 saturated carbocycles. The van der Waals surface area contributed by atoms with Gasteiger partial charge in [-0.1, -0.05) is 12.5 Å². The molecule has 3 atom stereocenters. The summed E-state index contributed by atoms with van der Waals surface area (Å²) in [5, 5.41) is 6.89. The zero-order valence-corrected chi connectivity index (χ0v) is 15.3. The van der Waals surface area contributed by atoms with Gasteiger partial charge < -0.3 is 10.0 Å². The minimum Gasteiger partial charge on any atom is -0.483 e. The number of rotatable bonds is 3. The summed E-state index contributed by atoms with van der Waals surface area (Å²) in [6.45, 7) is 4.22. The van der Waals surface area contributed by atoms with Gasteiger partial charge in [0.1, 0.15) is 0 Å². The maximum absolute atomic E-state index is 12.7. The fourth-order valence-corrected chi connectivity index (χ4v) is 4.93. The molecule has 1 amide bonds. The van der Waals surface area contributed by atoms with Crippen molar-refractivity contribution in [3.8, 4) is 0 Å². The van der Waals surface area contributed by atoms with Gasteiger partial charge in [-0.3, -0.25) is 19.5 Å². The molecule has 3 aliphatic heterocycles. The lowest BCUT2D eigenvalue weighted by molar-refractivity contribution is -0.137. The Morgan fingerprint density at radius 1 is 1.31 bits per heavy atom. The molecule has 4 heterocycles. The van der Waals surface area contributed by atoms with Crippen LogP contribution in [0, 0.1) is 11.8 Å². The zero-order valence-electron chi connectivity index (χ0n) is 15.3. The van der Waals surface area contributed by atoms with Gasteiger partial charge >= 0.3 is 0 Å². The number of nitrogens with zero attached hydrogens (tertiary/aromatic N) is 3. The van der Waals surface area contributed by atoms with Gasteiger partial charge in [0, 0.05) is 44.5 Å². The molecule has 0 aliphatic carbocycles. The molecule has 4 rings (SSSR count). The van der Waals surface area contributed by atoms with E-state index in [-0.39, 0.29) is 6.47 Å². The second-order valence-corrected chi connectivity index (χ2v) is 7.69. The highest BCUT2D eigenvalue weighted by molar-refractivity contribution is 5.76. The molecule has 1 aromatic heterocycles. The van der Waals surface area contributed by atoms with E-state index in [2.05, 4.69) is 20.9 Å². The molecule has 6 nitrogen and oxygen atoms in total. The number of amides is 1. The Morgan fingerprint density at radius 3 is 2.92 bits per heavy atom. The summed E-state index contributed by atoms with van der Waals surface area (Å²) in [7, 11) is 0. The Kier molecular flexibility index (Phi) is 6.61. The van der Waals surface area contributed by atoms with Gasteiger partial charge in [0.15, 0.2) is 0 Å². The molecule has 142 valence electrons. The van der Waals surface area contributed by atoms with Crippen LogP contribution in [0.5, 0.6) is 0 Å². The lowest BCUT2D eigenvalue weighted by Gasteiger charge is -2.52. The third-order valence-corrected chi connectivity index (χ3v) is 5.97. The Labute approximate surface area is 155 Å². The third-order valence-electron chi connectivity index (χ3n) is 5.97. The number of fused-ring (bicyclic) bond motifs is 4. The number of aromatic nitrogens is 1. The van der Waals surface area contributed by atoms with Crippen LogP contribution in [0.1, 0.15) is 37.7 Å². The van der Waals surface area contributed by atoms with Gasteiger partial charge in [0.05, 0.1) is 0 Å².